The normalized spacial score (nSPS) is 17.7. The van der Waals surface area contributed by atoms with E-state index in [1.54, 1.807) is 18.2 Å². The van der Waals surface area contributed by atoms with Gasteiger partial charge in [0, 0.05) is 16.3 Å². The molecule has 0 radical (unpaired) electrons. The van der Waals surface area contributed by atoms with Gasteiger partial charge in [-0.3, -0.25) is 14.5 Å². The number of hydrogen-bond donors (Lipinski definition) is 1. The highest BCUT2D eigenvalue weighted by molar-refractivity contribution is 8.00. The van der Waals surface area contributed by atoms with Crippen LogP contribution in [-0.4, -0.2) is 40.2 Å². The van der Waals surface area contributed by atoms with E-state index in [1.807, 2.05) is 48.5 Å². The molecule has 1 fully saturated rings. The number of anilines is 1. The predicted octanol–water partition coefficient (Wildman–Crippen LogP) is 7.00. The molecular weight excluding hydrogens is 594 g/mol. The van der Waals surface area contributed by atoms with E-state index < -0.39 is 17.7 Å². The first-order valence-electron chi connectivity index (χ1n) is 13.3. The number of aliphatic hydroxyl groups excluding tert-OH is 1. The second-order valence-corrected chi connectivity index (χ2v) is 12.7. The van der Waals surface area contributed by atoms with E-state index >= 15 is 0 Å². The number of thioether (sulfide) groups is 1. The fourth-order valence-corrected chi connectivity index (χ4v) is 7.02. The summed E-state index contributed by atoms with van der Waals surface area (Å²) in [4.78, 5) is 28.5. The number of ether oxygens (including phenoxy) is 2. The van der Waals surface area contributed by atoms with Crippen molar-refractivity contribution >= 4 is 57.3 Å². The van der Waals surface area contributed by atoms with Crippen molar-refractivity contribution in [2.24, 2.45) is 0 Å². The van der Waals surface area contributed by atoms with Crippen LogP contribution >= 0.6 is 34.7 Å². The standard InChI is InChI=1S/C31H26ClN3O5S2/c1-17(2)18-7-9-19(10-8-18)26-25(27(36)20-11-12-23-24(15-20)40-14-13-39-23)28(37)29(38)35(26)30-33-34-31(42-30)41-16-21-5-3-4-6-22(21)32/h3-12,15,17,26,36H,13-14,16H2,1-2H3/t26-/m0/s1. The minimum atomic E-state index is -0.909. The van der Waals surface area contributed by atoms with Gasteiger partial charge in [-0.1, -0.05) is 91.0 Å². The summed E-state index contributed by atoms with van der Waals surface area (Å²) >= 11 is 8.95. The fraction of sp³-hybridized carbons (Fsp3) is 0.226. The highest BCUT2D eigenvalue weighted by Crippen LogP contribution is 2.45. The number of aliphatic hydroxyl groups is 1. The van der Waals surface area contributed by atoms with Crippen molar-refractivity contribution in [3.63, 3.8) is 0 Å². The molecule has 1 amide bonds. The van der Waals surface area contributed by atoms with Gasteiger partial charge in [-0.05, 0) is 46.9 Å². The Hall–Kier alpha value is -3.86. The Morgan fingerprint density at radius 1 is 1.05 bits per heavy atom. The number of rotatable bonds is 7. The van der Waals surface area contributed by atoms with Gasteiger partial charge in [-0.25, -0.2) is 0 Å². The van der Waals surface area contributed by atoms with Gasteiger partial charge in [0.05, 0.1) is 11.6 Å². The summed E-state index contributed by atoms with van der Waals surface area (Å²) in [7, 11) is 0. The molecule has 3 heterocycles. The second-order valence-electron chi connectivity index (χ2n) is 10.1. The quantitative estimate of drug-likeness (QED) is 0.0775. The molecule has 2 aliphatic heterocycles. The van der Waals surface area contributed by atoms with E-state index in [4.69, 9.17) is 21.1 Å². The lowest BCUT2D eigenvalue weighted by Gasteiger charge is -2.23. The molecule has 6 rings (SSSR count). The zero-order chi connectivity index (χ0) is 29.4. The smallest absolute Gasteiger partial charge is 0.301 e. The van der Waals surface area contributed by atoms with Crippen molar-refractivity contribution in [3.05, 3.63) is 99.6 Å². The summed E-state index contributed by atoms with van der Waals surface area (Å²) in [6.45, 7) is 4.98. The van der Waals surface area contributed by atoms with Gasteiger partial charge in [0.25, 0.3) is 5.78 Å². The lowest BCUT2D eigenvalue weighted by atomic mass is 9.93. The van der Waals surface area contributed by atoms with Crippen molar-refractivity contribution in [2.45, 2.75) is 35.9 Å². The lowest BCUT2D eigenvalue weighted by molar-refractivity contribution is -0.132. The van der Waals surface area contributed by atoms with Crippen molar-refractivity contribution in [1.82, 2.24) is 10.2 Å². The monoisotopic (exact) mass is 619 g/mol. The van der Waals surface area contributed by atoms with E-state index in [-0.39, 0.29) is 16.5 Å². The summed E-state index contributed by atoms with van der Waals surface area (Å²) in [5.74, 6) is -0.0206. The molecule has 0 spiro atoms. The first-order chi connectivity index (χ1) is 20.3. The number of hydrogen-bond acceptors (Lipinski definition) is 9. The molecule has 2 aliphatic rings. The summed E-state index contributed by atoms with van der Waals surface area (Å²) in [6, 6.07) is 19.3. The van der Waals surface area contributed by atoms with Crippen molar-refractivity contribution in [3.8, 4) is 11.5 Å². The van der Waals surface area contributed by atoms with Crippen LogP contribution in [0.15, 0.2) is 76.6 Å². The third kappa shape index (κ3) is 5.37. The number of benzene rings is 3. The van der Waals surface area contributed by atoms with Crippen molar-refractivity contribution in [2.75, 3.05) is 18.1 Å². The molecular formula is C31H26ClN3O5S2. The van der Waals surface area contributed by atoms with E-state index in [9.17, 15) is 14.7 Å². The van der Waals surface area contributed by atoms with Crippen LogP contribution in [-0.2, 0) is 15.3 Å². The topological polar surface area (TPSA) is 102 Å². The highest BCUT2D eigenvalue weighted by atomic mass is 35.5. The molecule has 0 saturated carbocycles. The third-order valence-electron chi connectivity index (χ3n) is 7.09. The Morgan fingerprint density at radius 2 is 1.79 bits per heavy atom. The molecule has 42 heavy (non-hydrogen) atoms. The Morgan fingerprint density at radius 3 is 2.52 bits per heavy atom. The predicted molar refractivity (Wildman–Crippen MR) is 164 cm³/mol. The van der Waals surface area contributed by atoms with Crippen molar-refractivity contribution in [1.29, 1.82) is 0 Å². The summed E-state index contributed by atoms with van der Waals surface area (Å²) in [6.07, 6.45) is 0. The Balaban J connectivity index is 1.40. The number of amides is 1. The van der Waals surface area contributed by atoms with E-state index in [1.165, 1.54) is 28.0 Å². The Labute approximate surface area is 255 Å². The molecule has 0 aliphatic carbocycles. The first kappa shape index (κ1) is 28.3. The number of nitrogens with zero attached hydrogens (tertiary/aromatic N) is 3. The van der Waals surface area contributed by atoms with Crippen LogP contribution in [0.25, 0.3) is 5.76 Å². The first-order valence-corrected chi connectivity index (χ1v) is 15.5. The SMILES string of the molecule is CC(C)c1ccc([C@H]2C(=C(O)c3ccc4c(c3)OCCO4)C(=O)C(=O)N2c2nnc(SCc3ccccc3Cl)s2)cc1. The van der Waals surface area contributed by atoms with Crippen molar-refractivity contribution < 1.29 is 24.2 Å². The molecule has 3 aromatic carbocycles. The van der Waals surface area contributed by atoms with E-state index in [2.05, 4.69) is 24.0 Å². The van der Waals surface area contributed by atoms with Crippen LogP contribution in [0.3, 0.4) is 0 Å². The minimum absolute atomic E-state index is 0.0329. The Bertz CT molecular complexity index is 1700. The lowest BCUT2D eigenvalue weighted by Crippen LogP contribution is -2.29. The Kier molecular flexibility index (Phi) is 7.94. The molecule has 0 unspecified atom stereocenters. The molecule has 214 valence electrons. The van der Waals surface area contributed by atoms with Gasteiger partial charge in [0.2, 0.25) is 5.13 Å². The van der Waals surface area contributed by atoms with Gasteiger partial charge in [0.1, 0.15) is 19.0 Å². The number of fused-ring (bicyclic) bond motifs is 1. The van der Waals surface area contributed by atoms with Gasteiger partial charge in [0.15, 0.2) is 15.8 Å². The number of Topliss-reactive ketones (excluding diaryl/α,β-unsaturated/α-hetero) is 1. The molecule has 0 bridgehead atoms. The number of carbonyl (C=O) groups is 2. The molecule has 8 nitrogen and oxygen atoms in total. The number of carbonyl (C=O) groups excluding carboxylic acids is 2. The maximum Gasteiger partial charge on any atom is 0.301 e. The molecule has 4 aromatic rings. The summed E-state index contributed by atoms with van der Waals surface area (Å²) in [5, 5.41) is 21.0. The second kappa shape index (κ2) is 11.8. The number of halogens is 1. The number of aromatic nitrogens is 2. The van der Waals surface area contributed by atoms with Crippen LogP contribution < -0.4 is 14.4 Å². The van der Waals surface area contributed by atoms with Gasteiger partial charge in [-0.15, -0.1) is 10.2 Å². The van der Waals surface area contributed by atoms with E-state index in [0.717, 1.165) is 11.1 Å². The van der Waals surface area contributed by atoms with Gasteiger partial charge in [-0.2, -0.15) is 0 Å². The average Bonchev–Trinajstić information content (AvgIpc) is 3.57. The largest absolute Gasteiger partial charge is 0.507 e. The van der Waals surface area contributed by atoms with Crippen LogP contribution in [0.4, 0.5) is 5.13 Å². The minimum Gasteiger partial charge on any atom is -0.507 e. The maximum atomic E-state index is 13.6. The molecule has 1 aromatic heterocycles. The number of ketones is 1. The van der Waals surface area contributed by atoms with Crippen LogP contribution in [0.5, 0.6) is 11.5 Å². The van der Waals surface area contributed by atoms with Gasteiger partial charge >= 0.3 is 5.91 Å². The highest BCUT2D eigenvalue weighted by Gasteiger charge is 2.48. The molecule has 1 N–H and O–H groups in total. The summed E-state index contributed by atoms with van der Waals surface area (Å²) < 4.78 is 11.9. The third-order valence-corrected chi connectivity index (χ3v) is 9.56. The maximum absolute atomic E-state index is 13.6. The van der Waals surface area contributed by atoms with E-state index in [0.29, 0.717) is 56.9 Å². The molecule has 11 heteroatoms. The van der Waals surface area contributed by atoms with Gasteiger partial charge < -0.3 is 14.6 Å². The van der Waals surface area contributed by atoms with Crippen LogP contribution in [0, 0.1) is 0 Å². The van der Waals surface area contributed by atoms with Crippen LogP contribution in [0.2, 0.25) is 5.02 Å². The zero-order valence-electron chi connectivity index (χ0n) is 22.7. The van der Waals surface area contributed by atoms with Crippen LogP contribution in [0.1, 0.15) is 48.1 Å². The summed E-state index contributed by atoms with van der Waals surface area (Å²) in [5.41, 5.74) is 3.03. The fourth-order valence-electron chi connectivity index (χ4n) is 4.87. The zero-order valence-corrected chi connectivity index (χ0v) is 25.1. The molecule has 1 atom stereocenters. The average molecular weight is 620 g/mol. The molecule has 1 saturated heterocycles.